The number of aryl methyl sites for hydroxylation is 1. The Labute approximate surface area is 130 Å². The number of aromatic nitrogens is 1. The van der Waals surface area contributed by atoms with Crippen molar-refractivity contribution in [2.45, 2.75) is 31.3 Å². The highest BCUT2D eigenvalue weighted by Gasteiger charge is 2.10. The van der Waals surface area contributed by atoms with Crippen molar-refractivity contribution in [2.75, 3.05) is 11.6 Å². The summed E-state index contributed by atoms with van der Waals surface area (Å²) >= 11 is 6.12. The Morgan fingerprint density at radius 1 is 1.29 bits per heavy atom. The summed E-state index contributed by atoms with van der Waals surface area (Å²) in [7, 11) is -3.23. The van der Waals surface area contributed by atoms with Crippen molar-refractivity contribution in [3.8, 4) is 0 Å². The van der Waals surface area contributed by atoms with Gasteiger partial charge in [-0.1, -0.05) is 18.5 Å². The second-order valence-corrected chi connectivity index (χ2v) is 7.38. The number of rotatable bonds is 6. The summed E-state index contributed by atoms with van der Waals surface area (Å²) in [5, 5.41) is 3.72. The van der Waals surface area contributed by atoms with E-state index < -0.39 is 9.84 Å². The first-order valence-electron chi connectivity index (χ1n) is 6.79. The highest BCUT2D eigenvalue weighted by molar-refractivity contribution is 7.90. The molecule has 0 aliphatic rings. The molecular weight excluding hydrogens is 308 g/mol. The normalized spacial score (nSPS) is 11.6. The van der Waals surface area contributed by atoms with Crippen LogP contribution in [0.15, 0.2) is 41.4 Å². The van der Waals surface area contributed by atoms with E-state index in [4.69, 9.17) is 11.6 Å². The standard InChI is InChI=1S/C15H19ClN2O2S/c1-3-8-18-9-4-5-12(18)11-17-15-10-13(21(2,19)20)6-7-14(15)16/h4-7,9-10,17H,3,8,11H2,1-2H3. The minimum atomic E-state index is -3.23. The van der Waals surface area contributed by atoms with Crippen LogP contribution in [0.4, 0.5) is 5.69 Å². The fourth-order valence-corrected chi connectivity index (χ4v) is 2.96. The molecule has 0 amide bonds. The predicted octanol–water partition coefficient (Wildman–Crippen LogP) is 3.57. The number of anilines is 1. The van der Waals surface area contributed by atoms with Gasteiger partial charge in [-0.2, -0.15) is 0 Å². The topological polar surface area (TPSA) is 51.1 Å². The molecule has 0 aliphatic heterocycles. The van der Waals surface area contributed by atoms with Crippen molar-refractivity contribution < 1.29 is 8.42 Å². The van der Waals surface area contributed by atoms with Crippen molar-refractivity contribution in [1.29, 1.82) is 0 Å². The molecule has 0 radical (unpaired) electrons. The van der Waals surface area contributed by atoms with E-state index in [1.807, 2.05) is 18.3 Å². The lowest BCUT2D eigenvalue weighted by molar-refractivity contribution is 0.602. The Morgan fingerprint density at radius 2 is 2.05 bits per heavy atom. The molecule has 0 unspecified atom stereocenters. The van der Waals surface area contributed by atoms with Crippen molar-refractivity contribution in [1.82, 2.24) is 4.57 Å². The van der Waals surface area contributed by atoms with Crippen LogP contribution in [0, 0.1) is 0 Å². The third-order valence-corrected chi connectivity index (χ3v) is 4.65. The zero-order valence-electron chi connectivity index (χ0n) is 12.1. The average Bonchev–Trinajstić information content (AvgIpc) is 2.84. The number of sulfone groups is 1. The maximum Gasteiger partial charge on any atom is 0.175 e. The Kier molecular flexibility index (Phi) is 4.96. The highest BCUT2D eigenvalue weighted by atomic mass is 35.5. The van der Waals surface area contributed by atoms with Crippen molar-refractivity contribution in [3.05, 3.63) is 47.2 Å². The van der Waals surface area contributed by atoms with E-state index >= 15 is 0 Å². The molecule has 6 heteroatoms. The van der Waals surface area contributed by atoms with Crippen LogP contribution in [0.1, 0.15) is 19.0 Å². The minimum Gasteiger partial charge on any atom is -0.378 e. The highest BCUT2D eigenvalue weighted by Crippen LogP contribution is 2.25. The lowest BCUT2D eigenvalue weighted by atomic mass is 10.3. The molecule has 0 atom stereocenters. The first-order valence-corrected chi connectivity index (χ1v) is 9.06. The van der Waals surface area contributed by atoms with Crippen molar-refractivity contribution >= 4 is 27.1 Å². The molecular formula is C15H19ClN2O2S. The van der Waals surface area contributed by atoms with Crippen molar-refractivity contribution in [2.24, 2.45) is 0 Å². The molecule has 0 spiro atoms. The summed E-state index contributed by atoms with van der Waals surface area (Å²) in [4.78, 5) is 0.262. The monoisotopic (exact) mass is 326 g/mol. The van der Waals surface area contributed by atoms with E-state index in [-0.39, 0.29) is 4.90 Å². The molecule has 4 nitrogen and oxygen atoms in total. The van der Waals surface area contributed by atoms with Gasteiger partial charge in [-0.3, -0.25) is 0 Å². The summed E-state index contributed by atoms with van der Waals surface area (Å²) in [6, 6.07) is 8.73. The number of hydrogen-bond donors (Lipinski definition) is 1. The fourth-order valence-electron chi connectivity index (χ4n) is 2.13. The summed E-state index contributed by atoms with van der Waals surface area (Å²) in [6.07, 6.45) is 4.29. The molecule has 21 heavy (non-hydrogen) atoms. The minimum absolute atomic E-state index is 0.262. The summed E-state index contributed by atoms with van der Waals surface area (Å²) in [5.74, 6) is 0. The fraction of sp³-hybridized carbons (Fsp3) is 0.333. The Morgan fingerprint density at radius 3 is 2.71 bits per heavy atom. The molecule has 0 saturated carbocycles. The SMILES string of the molecule is CCCn1cccc1CNc1cc(S(C)(=O)=O)ccc1Cl. The van der Waals surface area contributed by atoms with E-state index in [1.54, 1.807) is 12.1 Å². The number of hydrogen-bond acceptors (Lipinski definition) is 3. The molecule has 2 rings (SSSR count). The second-order valence-electron chi connectivity index (χ2n) is 4.96. The van der Waals surface area contributed by atoms with Gasteiger partial charge in [0.2, 0.25) is 0 Å². The second kappa shape index (κ2) is 6.54. The van der Waals surface area contributed by atoms with Gasteiger partial charge in [0.1, 0.15) is 0 Å². The number of halogens is 1. The smallest absolute Gasteiger partial charge is 0.175 e. The number of nitrogens with one attached hydrogen (secondary N) is 1. The van der Waals surface area contributed by atoms with Gasteiger partial charge in [-0.15, -0.1) is 0 Å². The molecule has 1 aromatic carbocycles. The van der Waals surface area contributed by atoms with E-state index in [0.29, 0.717) is 17.3 Å². The van der Waals surface area contributed by atoms with Crippen molar-refractivity contribution in [3.63, 3.8) is 0 Å². The van der Waals surface area contributed by atoms with Crippen LogP contribution in [0.3, 0.4) is 0 Å². The molecule has 114 valence electrons. The Bertz CT molecular complexity index is 723. The van der Waals surface area contributed by atoms with E-state index in [2.05, 4.69) is 16.8 Å². The van der Waals surface area contributed by atoms with Crippen LogP contribution < -0.4 is 5.32 Å². The maximum absolute atomic E-state index is 11.6. The van der Waals surface area contributed by atoms with E-state index in [0.717, 1.165) is 18.7 Å². The molecule has 0 saturated heterocycles. The Balaban J connectivity index is 2.18. The van der Waals surface area contributed by atoms with Gasteiger partial charge in [-0.05, 0) is 36.8 Å². The first kappa shape index (κ1) is 15.9. The molecule has 0 fully saturated rings. The molecule has 1 N–H and O–H groups in total. The van der Waals surface area contributed by atoms with Gasteiger partial charge in [0, 0.05) is 24.7 Å². The van der Waals surface area contributed by atoms with Crippen LogP contribution in [0.25, 0.3) is 0 Å². The predicted molar refractivity (Wildman–Crippen MR) is 86.6 cm³/mol. The van der Waals surface area contributed by atoms with Gasteiger partial charge < -0.3 is 9.88 Å². The first-order chi connectivity index (χ1) is 9.91. The van der Waals surface area contributed by atoms with Crippen LogP contribution in [0.2, 0.25) is 5.02 Å². The quantitative estimate of drug-likeness (QED) is 0.883. The maximum atomic E-state index is 11.6. The molecule has 1 aromatic heterocycles. The number of nitrogens with zero attached hydrogens (tertiary/aromatic N) is 1. The molecule has 0 bridgehead atoms. The summed E-state index contributed by atoms with van der Waals surface area (Å²) in [5.41, 5.74) is 1.77. The lowest BCUT2D eigenvalue weighted by Gasteiger charge is -2.12. The van der Waals surface area contributed by atoms with Gasteiger partial charge in [-0.25, -0.2) is 8.42 Å². The summed E-state index contributed by atoms with van der Waals surface area (Å²) < 4.78 is 25.4. The van der Waals surface area contributed by atoms with Gasteiger partial charge in [0.25, 0.3) is 0 Å². The average molecular weight is 327 g/mol. The number of benzene rings is 1. The zero-order valence-corrected chi connectivity index (χ0v) is 13.7. The van der Waals surface area contributed by atoms with Crippen LogP contribution >= 0.6 is 11.6 Å². The van der Waals surface area contributed by atoms with Crippen LogP contribution in [-0.2, 0) is 22.9 Å². The molecule has 1 heterocycles. The van der Waals surface area contributed by atoms with Gasteiger partial charge in [0.15, 0.2) is 9.84 Å². The third kappa shape index (κ3) is 4.02. The Hall–Kier alpha value is -1.46. The van der Waals surface area contributed by atoms with Gasteiger partial charge in [0.05, 0.1) is 22.2 Å². The lowest BCUT2D eigenvalue weighted by Crippen LogP contribution is -2.08. The summed E-state index contributed by atoms with van der Waals surface area (Å²) in [6.45, 7) is 3.69. The van der Waals surface area contributed by atoms with Gasteiger partial charge >= 0.3 is 0 Å². The third-order valence-electron chi connectivity index (χ3n) is 3.21. The van der Waals surface area contributed by atoms with Crippen LogP contribution in [-0.4, -0.2) is 19.2 Å². The molecule has 0 aliphatic carbocycles. The largest absolute Gasteiger partial charge is 0.378 e. The van der Waals surface area contributed by atoms with Crippen LogP contribution in [0.5, 0.6) is 0 Å². The van der Waals surface area contributed by atoms with E-state index in [9.17, 15) is 8.42 Å². The molecule has 2 aromatic rings. The van der Waals surface area contributed by atoms with E-state index in [1.165, 1.54) is 12.3 Å². The zero-order chi connectivity index (χ0) is 15.5.